The summed E-state index contributed by atoms with van der Waals surface area (Å²) in [5, 5.41) is 5.75. The van der Waals surface area contributed by atoms with E-state index < -0.39 is 0 Å². The first-order valence-electron chi connectivity index (χ1n) is 13.6. The van der Waals surface area contributed by atoms with E-state index in [0.717, 1.165) is 84.5 Å². The van der Waals surface area contributed by atoms with Gasteiger partial charge in [0.25, 0.3) is 0 Å². The summed E-state index contributed by atoms with van der Waals surface area (Å²) in [6.45, 7) is 7.25. The molecule has 39 heavy (non-hydrogen) atoms. The van der Waals surface area contributed by atoms with Crippen LogP contribution in [0.3, 0.4) is 0 Å². The average molecular weight is 560 g/mol. The van der Waals surface area contributed by atoms with Crippen LogP contribution in [-0.2, 0) is 6.54 Å². The number of Topliss-reactive ketones (excluding diaryl/α,β-unsaturated/α-hetero) is 1. The third-order valence-electron chi connectivity index (χ3n) is 7.92. The molecule has 2 aliphatic rings. The molecule has 1 aromatic heterocycles. The van der Waals surface area contributed by atoms with Crippen molar-refractivity contribution in [1.29, 1.82) is 0 Å². The Morgan fingerprint density at radius 2 is 1.64 bits per heavy atom. The zero-order valence-corrected chi connectivity index (χ0v) is 23.8. The summed E-state index contributed by atoms with van der Waals surface area (Å²) in [5.41, 5.74) is 7.25. The second-order valence-corrected chi connectivity index (χ2v) is 11.7. The molecule has 0 bridgehead atoms. The monoisotopic (exact) mass is 558 g/mol. The molecule has 4 aromatic rings. The van der Waals surface area contributed by atoms with E-state index >= 15 is 0 Å². The molecule has 6 rings (SSSR count). The van der Waals surface area contributed by atoms with Gasteiger partial charge in [-0.2, -0.15) is 0 Å². The zero-order valence-electron chi connectivity index (χ0n) is 22.3. The quantitative estimate of drug-likeness (QED) is 0.236. The molecule has 0 spiro atoms. The fourth-order valence-corrected chi connectivity index (χ4v) is 5.66. The summed E-state index contributed by atoms with van der Waals surface area (Å²) in [7, 11) is 2.18. The number of aromatic nitrogens is 1. The molecule has 1 aliphatic heterocycles. The molecule has 2 heterocycles. The largest absolute Gasteiger partial charge is 0.354 e. The van der Waals surface area contributed by atoms with Crippen LogP contribution in [0.1, 0.15) is 34.3 Å². The van der Waals surface area contributed by atoms with E-state index in [-0.39, 0.29) is 11.7 Å². The second kappa shape index (κ2) is 10.9. The molecule has 7 heteroatoms. The highest BCUT2D eigenvalue weighted by Crippen LogP contribution is 2.39. The SMILES string of the molecule is Cc1c(Cl)cc(-c2ccc3ncc(C(=O)C4CC4)c(Nc4ccc(CN5CCN(C)CC5)cc4)c3c2)cc1Cl. The molecule has 5 nitrogen and oxygen atoms in total. The van der Waals surface area contributed by atoms with Crippen LogP contribution in [0.2, 0.25) is 10.0 Å². The molecule has 0 radical (unpaired) electrons. The number of hydrogen-bond donors (Lipinski definition) is 1. The van der Waals surface area contributed by atoms with Crippen LogP contribution < -0.4 is 5.32 Å². The van der Waals surface area contributed by atoms with Gasteiger partial charge in [-0.1, -0.05) is 41.4 Å². The highest BCUT2D eigenvalue weighted by Gasteiger charge is 2.32. The van der Waals surface area contributed by atoms with Crippen LogP contribution in [0.15, 0.2) is 60.8 Å². The van der Waals surface area contributed by atoms with Crippen LogP contribution in [0.5, 0.6) is 0 Å². The van der Waals surface area contributed by atoms with Crippen molar-refractivity contribution < 1.29 is 4.79 Å². The maximum Gasteiger partial charge on any atom is 0.169 e. The second-order valence-electron chi connectivity index (χ2n) is 10.9. The number of carbonyl (C=O) groups excluding carboxylic acids is 1. The summed E-state index contributed by atoms with van der Waals surface area (Å²) in [6, 6.07) is 18.5. The van der Waals surface area contributed by atoms with Gasteiger partial charge in [0.15, 0.2) is 5.78 Å². The van der Waals surface area contributed by atoms with Gasteiger partial charge in [0.05, 0.1) is 16.8 Å². The number of halogens is 2. The number of nitrogens with zero attached hydrogens (tertiary/aromatic N) is 3. The number of likely N-dealkylation sites (N-methyl/N-ethyl adjacent to an activating group) is 1. The number of piperazine rings is 1. The minimum Gasteiger partial charge on any atom is -0.354 e. The lowest BCUT2D eigenvalue weighted by molar-refractivity contribution is 0.0968. The fourth-order valence-electron chi connectivity index (χ4n) is 5.17. The van der Waals surface area contributed by atoms with Crippen molar-refractivity contribution in [3.05, 3.63) is 87.5 Å². The first-order chi connectivity index (χ1) is 18.9. The first kappa shape index (κ1) is 26.3. The topological polar surface area (TPSA) is 48.5 Å². The third-order valence-corrected chi connectivity index (χ3v) is 8.71. The van der Waals surface area contributed by atoms with Gasteiger partial charge in [0.1, 0.15) is 0 Å². The molecular formula is C32H32Cl2N4O. The summed E-state index contributed by atoms with van der Waals surface area (Å²) in [6.07, 6.45) is 3.61. The maximum atomic E-state index is 13.3. The highest BCUT2D eigenvalue weighted by atomic mass is 35.5. The van der Waals surface area contributed by atoms with Crippen LogP contribution in [0, 0.1) is 12.8 Å². The van der Waals surface area contributed by atoms with Gasteiger partial charge in [-0.15, -0.1) is 0 Å². The Bertz CT molecular complexity index is 1520. The molecule has 1 aliphatic carbocycles. The van der Waals surface area contributed by atoms with Crippen LogP contribution in [0.25, 0.3) is 22.0 Å². The van der Waals surface area contributed by atoms with Gasteiger partial charge in [-0.25, -0.2) is 0 Å². The molecular weight excluding hydrogens is 527 g/mol. The predicted molar refractivity (Wildman–Crippen MR) is 161 cm³/mol. The van der Waals surface area contributed by atoms with E-state index in [4.69, 9.17) is 23.2 Å². The summed E-state index contributed by atoms with van der Waals surface area (Å²) < 4.78 is 0. The van der Waals surface area contributed by atoms with E-state index in [1.807, 2.05) is 31.2 Å². The van der Waals surface area contributed by atoms with Crippen molar-refractivity contribution in [3.8, 4) is 11.1 Å². The standard InChI is InChI=1S/C32H32Cl2N4O/c1-20-28(33)16-24(17-29(20)34)23-7-10-30-26(15-23)31(27(18-35-30)32(39)22-5-6-22)36-25-8-3-21(4-9-25)19-38-13-11-37(2)12-14-38/h3-4,7-10,15-18,22H,5-6,11-14,19H2,1-2H3,(H,35,36). The Morgan fingerprint density at radius 3 is 2.31 bits per heavy atom. The van der Waals surface area contributed by atoms with E-state index in [1.54, 1.807) is 6.20 Å². The average Bonchev–Trinajstić information content (AvgIpc) is 3.79. The predicted octanol–water partition coefficient (Wildman–Crippen LogP) is 7.60. The van der Waals surface area contributed by atoms with E-state index in [1.165, 1.54) is 5.56 Å². The lowest BCUT2D eigenvalue weighted by Gasteiger charge is -2.32. The number of nitrogens with one attached hydrogen (secondary N) is 1. The van der Waals surface area contributed by atoms with Crippen LogP contribution in [0.4, 0.5) is 11.4 Å². The minimum absolute atomic E-state index is 0.0914. The van der Waals surface area contributed by atoms with Gasteiger partial charge in [-0.05, 0) is 85.5 Å². The summed E-state index contributed by atoms with van der Waals surface area (Å²) in [5.74, 6) is 0.249. The Labute approximate surface area is 239 Å². The number of fused-ring (bicyclic) bond motifs is 1. The van der Waals surface area contributed by atoms with Gasteiger partial charge >= 0.3 is 0 Å². The lowest BCUT2D eigenvalue weighted by atomic mass is 9.98. The van der Waals surface area contributed by atoms with Crippen molar-refractivity contribution in [3.63, 3.8) is 0 Å². The molecule has 0 amide bonds. The maximum absolute atomic E-state index is 13.3. The van der Waals surface area contributed by atoms with Gasteiger partial charge in [0, 0.05) is 66.0 Å². The van der Waals surface area contributed by atoms with Gasteiger partial charge in [-0.3, -0.25) is 14.7 Å². The third kappa shape index (κ3) is 5.68. The molecule has 0 unspecified atom stereocenters. The Balaban J connectivity index is 1.35. The first-order valence-corrected chi connectivity index (χ1v) is 14.3. The molecule has 1 N–H and O–H groups in total. The minimum atomic E-state index is 0.0914. The smallest absolute Gasteiger partial charge is 0.169 e. The van der Waals surface area contributed by atoms with Crippen molar-refractivity contribution in [1.82, 2.24) is 14.8 Å². The number of carbonyl (C=O) groups is 1. The Morgan fingerprint density at radius 1 is 0.949 bits per heavy atom. The molecule has 2 fully saturated rings. The Hall–Kier alpha value is -2.96. The van der Waals surface area contributed by atoms with Crippen molar-refractivity contribution >= 4 is 51.3 Å². The molecule has 1 saturated carbocycles. The van der Waals surface area contributed by atoms with E-state index in [9.17, 15) is 4.79 Å². The van der Waals surface area contributed by atoms with Crippen molar-refractivity contribution in [2.75, 3.05) is 38.5 Å². The molecule has 1 saturated heterocycles. The van der Waals surface area contributed by atoms with Crippen LogP contribution in [-0.4, -0.2) is 53.8 Å². The molecule has 3 aromatic carbocycles. The number of anilines is 2. The number of hydrogen-bond acceptors (Lipinski definition) is 5. The molecule has 0 atom stereocenters. The lowest BCUT2D eigenvalue weighted by Crippen LogP contribution is -2.43. The fraction of sp³-hybridized carbons (Fsp3) is 0.312. The van der Waals surface area contributed by atoms with E-state index in [0.29, 0.717) is 15.6 Å². The van der Waals surface area contributed by atoms with Gasteiger partial charge in [0.2, 0.25) is 0 Å². The van der Waals surface area contributed by atoms with E-state index in [2.05, 4.69) is 57.5 Å². The zero-order chi connectivity index (χ0) is 27.1. The number of benzene rings is 3. The van der Waals surface area contributed by atoms with Crippen molar-refractivity contribution in [2.24, 2.45) is 5.92 Å². The highest BCUT2D eigenvalue weighted by molar-refractivity contribution is 6.36. The summed E-state index contributed by atoms with van der Waals surface area (Å²) >= 11 is 12.9. The number of pyridine rings is 1. The van der Waals surface area contributed by atoms with Gasteiger partial charge < -0.3 is 10.2 Å². The Kier molecular flexibility index (Phi) is 7.34. The summed E-state index contributed by atoms with van der Waals surface area (Å²) in [4.78, 5) is 22.8. The number of rotatable bonds is 7. The van der Waals surface area contributed by atoms with Crippen molar-refractivity contribution in [2.45, 2.75) is 26.3 Å². The molecule has 200 valence electrons. The normalized spacial score (nSPS) is 16.5. The number of ketones is 1. The van der Waals surface area contributed by atoms with Crippen LogP contribution >= 0.6 is 23.2 Å².